The number of carbonyl (C=O) groups excluding carboxylic acids is 1. The van der Waals surface area contributed by atoms with E-state index in [0.29, 0.717) is 5.76 Å². The summed E-state index contributed by atoms with van der Waals surface area (Å²) < 4.78 is 10.3. The van der Waals surface area contributed by atoms with Crippen LogP contribution in [0.15, 0.2) is 65.2 Å². The van der Waals surface area contributed by atoms with Gasteiger partial charge < -0.3 is 9.26 Å². The van der Waals surface area contributed by atoms with E-state index in [1.165, 1.54) is 6.08 Å². The average molecular weight is 333 g/mol. The van der Waals surface area contributed by atoms with E-state index in [1.807, 2.05) is 49.4 Å². The molecule has 126 valence electrons. The third kappa shape index (κ3) is 4.23. The van der Waals surface area contributed by atoms with Gasteiger partial charge in [0, 0.05) is 6.08 Å². The van der Waals surface area contributed by atoms with Gasteiger partial charge in [-0.15, -0.1) is 0 Å². The molecule has 0 unspecified atom stereocenters. The zero-order valence-electron chi connectivity index (χ0n) is 14.2. The Kier molecular flexibility index (Phi) is 5.09. The third-order valence-corrected chi connectivity index (χ3v) is 3.95. The third-order valence-electron chi connectivity index (χ3n) is 3.95. The van der Waals surface area contributed by atoms with Crippen molar-refractivity contribution in [1.29, 1.82) is 0 Å². The largest absolute Gasteiger partial charge is 0.457 e. The zero-order valence-corrected chi connectivity index (χ0v) is 14.2. The summed E-state index contributed by atoms with van der Waals surface area (Å²) in [6, 6.07) is 18.1. The molecule has 0 radical (unpaired) electrons. The molecule has 0 fully saturated rings. The van der Waals surface area contributed by atoms with Crippen molar-refractivity contribution in [3.63, 3.8) is 0 Å². The van der Waals surface area contributed by atoms with Crippen LogP contribution in [0.2, 0.25) is 0 Å². The van der Waals surface area contributed by atoms with E-state index in [2.05, 4.69) is 17.3 Å². The van der Waals surface area contributed by atoms with Crippen molar-refractivity contribution >= 4 is 12.0 Å². The van der Waals surface area contributed by atoms with Gasteiger partial charge in [0.15, 0.2) is 0 Å². The summed E-state index contributed by atoms with van der Waals surface area (Å²) >= 11 is 0. The molecule has 0 spiro atoms. The van der Waals surface area contributed by atoms with Gasteiger partial charge in [0.05, 0.1) is 11.3 Å². The quantitative estimate of drug-likeness (QED) is 0.501. The summed E-state index contributed by atoms with van der Waals surface area (Å²) in [5, 5.41) is 3.84. The number of aryl methyl sites for hydroxylation is 2. The Hall–Kier alpha value is -3.14. The van der Waals surface area contributed by atoms with Gasteiger partial charge in [0.2, 0.25) is 0 Å². The van der Waals surface area contributed by atoms with Crippen molar-refractivity contribution in [3.05, 3.63) is 83.3 Å². The number of rotatable bonds is 5. The molecule has 4 nitrogen and oxygen atoms in total. The Bertz CT molecular complexity index is 875. The highest BCUT2D eigenvalue weighted by molar-refractivity contribution is 5.87. The van der Waals surface area contributed by atoms with Crippen molar-refractivity contribution in [2.75, 3.05) is 0 Å². The van der Waals surface area contributed by atoms with Gasteiger partial charge in [-0.1, -0.05) is 53.7 Å². The lowest BCUT2D eigenvalue weighted by molar-refractivity contribution is -0.138. The predicted molar refractivity (Wildman–Crippen MR) is 96.7 cm³/mol. The van der Waals surface area contributed by atoms with Gasteiger partial charge >= 0.3 is 5.97 Å². The number of hydrogen-bond acceptors (Lipinski definition) is 4. The Morgan fingerprint density at radius 3 is 2.56 bits per heavy atom. The molecule has 0 atom stereocenters. The Morgan fingerprint density at radius 2 is 1.84 bits per heavy atom. The fourth-order valence-corrected chi connectivity index (χ4v) is 2.52. The van der Waals surface area contributed by atoms with E-state index in [4.69, 9.17) is 9.26 Å². The summed E-state index contributed by atoms with van der Waals surface area (Å²) in [6.07, 6.45) is 3.18. The van der Waals surface area contributed by atoms with Crippen LogP contribution < -0.4 is 0 Å². The number of ether oxygens (including phenoxy) is 1. The normalized spacial score (nSPS) is 11.0. The maximum atomic E-state index is 11.9. The Balaban J connectivity index is 1.65. The lowest BCUT2D eigenvalue weighted by Gasteiger charge is -2.03. The summed E-state index contributed by atoms with van der Waals surface area (Å²) in [7, 11) is 0. The molecule has 0 aliphatic carbocycles. The minimum atomic E-state index is -0.398. The first-order valence-corrected chi connectivity index (χ1v) is 8.05. The van der Waals surface area contributed by atoms with Crippen LogP contribution in [0.25, 0.3) is 17.2 Å². The van der Waals surface area contributed by atoms with E-state index in [9.17, 15) is 4.79 Å². The molecule has 1 heterocycles. The summed E-state index contributed by atoms with van der Waals surface area (Å²) in [4.78, 5) is 11.9. The van der Waals surface area contributed by atoms with E-state index in [-0.39, 0.29) is 6.61 Å². The summed E-state index contributed by atoms with van der Waals surface area (Å²) in [5.74, 6) is 0.273. The molecule has 4 heteroatoms. The molecular weight excluding hydrogens is 314 g/mol. The first-order chi connectivity index (χ1) is 12.1. The minimum Gasteiger partial charge on any atom is -0.457 e. The smallest absolute Gasteiger partial charge is 0.331 e. The van der Waals surface area contributed by atoms with Crippen LogP contribution in [-0.2, 0) is 16.1 Å². The fourth-order valence-electron chi connectivity index (χ4n) is 2.52. The van der Waals surface area contributed by atoms with Crippen molar-refractivity contribution in [1.82, 2.24) is 5.16 Å². The number of carbonyl (C=O) groups is 1. The molecule has 0 aliphatic rings. The molecule has 0 saturated carbocycles. The second-order valence-corrected chi connectivity index (χ2v) is 5.74. The van der Waals surface area contributed by atoms with Crippen LogP contribution in [-0.4, -0.2) is 11.1 Å². The molecule has 0 aliphatic heterocycles. The van der Waals surface area contributed by atoms with Crippen LogP contribution >= 0.6 is 0 Å². The second-order valence-electron chi connectivity index (χ2n) is 5.74. The summed E-state index contributed by atoms with van der Waals surface area (Å²) in [5.41, 5.74) is 4.74. The van der Waals surface area contributed by atoms with Gasteiger partial charge in [0.1, 0.15) is 12.4 Å². The minimum absolute atomic E-state index is 0.161. The van der Waals surface area contributed by atoms with Crippen LogP contribution in [0, 0.1) is 13.8 Å². The van der Waals surface area contributed by atoms with Crippen molar-refractivity contribution in [2.24, 2.45) is 0 Å². The lowest BCUT2D eigenvalue weighted by atomic mass is 10.0. The van der Waals surface area contributed by atoms with Crippen LogP contribution in [0.3, 0.4) is 0 Å². The zero-order chi connectivity index (χ0) is 17.6. The summed E-state index contributed by atoms with van der Waals surface area (Å²) in [6.45, 7) is 3.78. The topological polar surface area (TPSA) is 52.3 Å². The molecule has 0 N–H and O–H groups in total. The molecule has 2 aromatic carbocycles. The van der Waals surface area contributed by atoms with E-state index in [1.54, 1.807) is 13.0 Å². The van der Waals surface area contributed by atoms with E-state index < -0.39 is 5.97 Å². The molecule has 3 rings (SSSR count). The SMILES string of the molecule is Cc1noc(C)c1COC(=O)/C=C/c1cccc(-c2ccccc2)c1. The molecule has 0 bridgehead atoms. The molecular formula is C21H19NO3. The fraction of sp³-hybridized carbons (Fsp3) is 0.143. The van der Waals surface area contributed by atoms with Crippen molar-refractivity contribution in [2.45, 2.75) is 20.5 Å². The Labute approximate surface area is 146 Å². The molecule has 0 saturated heterocycles. The van der Waals surface area contributed by atoms with E-state index in [0.717, 1.165) is 27.9 Å². The average Bonchev–Trinajstić information content (AvgIpc) is 2.97. The van der Waals surface area contributed by atoms with Gasteiger partial charge in [-0.3, -0.25) is 0 Å². The van der Waals surface area contributed by atoms with Gasteiger partial charge in [-0.05, 0) is 42.7 Å². The molecule has 25 heavy (non-hydrogen) atoms. The van der Waals surface area contributed by atoms with Gasteiger partial charge in [0.25, 0.3) is 0 Å². The number of aromatic nitrogens is 1. The molecule has 3 aromatic rings. The number of esters is 1. The lowest BCUT2D eigenvalue weighted by Crippen LogP contribution is -2.02. The number of benzene rings is 2. The number of nitrogens with zero attached hydrogens (tertiary/aromatic N) is 1. The van der Waals surface area contributed by atoms with Crippen LogP contribution in [0.1, 0.15) is 22.6 Å². The van der Waals surface area contributed by atoms with Gasteiger partial charge in [-0.2, -0.15) is 0 Å². The highest BCUT2D eigenvalue weighted by atomic mass is 16.5. The first-order valence-electron chi connectivity index (χ1n) is 8.05. The monoisotopic (exact) mass is 333 g/mol. The van der Waals surface area contributed by atoms with Crippen molar-refractivity contribution < 1.29 is 14.1 Å². The highest BCUT2D eigenvalue weighted by Crippen LogP contribution is 2.20. The molecule has 1 aromatic heterocycles. The van der Waals surface area contributed by atoms with Crippen LogP contribution in [0.4, 0.5) is 0 Å². The van der Waals surface area contributed by atoms with E-state index >= 15 is 0 Å². The maximum Gasteiger partial charge on any atom is 0.331 e. The second kappa shape index (κ2) is 7.62. The first kappa shape index (κ1) is 16.7. The molecule has 0 amide bonds. The van der Waals surface area contributed by atoms with Crippen LogP contribution in [0.5, 0.6) is 0 Å². The predicted octanol–water partition coefficient (Wildman–Crippen LogP) is 4.72. The number of hydrogen-bond donors (Lipinski definition) is 0. The highest BCUT2D eigenvalue weighted by Gasteiger charge is 2.10. The van der Waals surface area contributed by atoms with Crippen molar-refractivity contribution in [3.8, 4) is 11.1 Å². The maximum absolute atomic E-state index is 11.9. The Morgan fingerprint density at radius 1 is 1.08 bits per heavy atom. The van der Waals surface area contributed by atoms with Gasteiger partial charge in [-0.25, -0.2) is 4.79 Å². The standard InChI is InChI=1S/C21H19NO3/c1-15-20(16(2)25-22-15)14-24-21(23)12-11-17-7-6-10-19(13-17)18-8-4-3-5-9-18/h3-13H,14H2,1-2H3/b12-11+.